The monoisotopic (exact) mass is 398 g/mol. The van der Waals surface area contributed by atoms with Gasteiger partial charge in [-0.2, -0.15) is 0 Å². The number of anilines is 2. The SMILES string of the molecule is COc1cc(NC(=O)COC(=O)c2cc(Cl)cc(Cl)c2N)cc(OC)c1. The summed E-state index contributed by atoms with van der Waals surface area (Å²) in [6.07, 6.45) is 0. The molecule has 0 saturated heterocycles. The minimum absolute atomic E-state index is 0.0154. The van der Waals surface area contributed by atoms with Crippen molar-refractivity contribution in [2.45, 2.75) is 0 Å². The fourth-order valence-corrected chi connectivity index (χ4v) is 2.53. The number of nitrogen functional groups attached to an aromatic ring is 1. The van der Waals surface area contributed by atoms with Gasteiger partial charge < -0.3 is 25.3 Å². The zero-order valence-corrected chi connectivity index (χ0v) is 15.5. The lowest BCUT2D eigenvalue weighted by Gasteiger charge is -2.11. The minimum atomic E-state index is -0.815. The van der Waals surface area contributed by atoms with Crippen LogP contribution in [0, 0.1) is 0 Å². The highest BCUT2D eigenvalue weighted by atomic mass is 35.5. The van der Waals surface area contributed by atoms with Gasteiger partial charge in [-0.05, 0) is 12.1 Å². The Kier molecular flexibility index (Phi) is 6.54. The van der Waals surface area contributed by atoms with Crippen LogP contribution in [0.1, 0.15) is 10.4 Å². The number of amides is 1. The molecule has 138 valence electrons. The van der Waals surface area contributed by atoms with E-state index in [2.05, 4.69) is 5.32 Å². The van der Waals surface area contributed by atoms with Gasteiger partial charge in [0.2, 0.25) is 0 Å². The van der Waals surface area contributed by atoms with E-state index in [-0.39, 0.29) is 21.3 Å². The van der Waals surface area contributed by atoms with Crippen LogP contribution in [0.4, 0.5) is 11.4 Å². The average molecular weight is 399 g/mol. The second-order valence-electron chi connectivity index (χ2n) is 5.07. The molecular formula is C17H16Cl2N2O5. The maximum Gasteiger partial charge on any atom is 0.340 e. The standard InChI is InChI=1S/C17H16Cl2N2O5/c1-24-11-5-10(6-12(7-11)25-2)21-15(22)8-26-17(23)13-3-9(18)4-14(19)16(13)20/h3-7H,8,20H2,1-2H3,(H,21,22). The van der Waals surface area contributed by atoms with Crippen LogP contribution in [0.3, 0.4) is 0 Å². The second kappa shape index (κ2) is 8.64. The number of nitrogens with one attached hydrogen (secondary N) is 1. The smallest absolute Gasteiger partial charge is 0.340 e. The molecule has 0 unspecified atom stereocenters. The molecule has 0 aliphatic rings. The molecule has 0 heterocycles. The van der Waals surface area contributed by atoms with E-state index in [4.69, 9.17) is 43.1 Å². The Labute approximate surface area is 159 Å². The van der Waals surface area contributed by atoms with E-state index in [1.807, 2.05) is 0 Å². The number of carbonyl (C=O) groups excluding carboxylic acids is 2. The van der Waals surface area contributed by atoms with E-state index < -0.39 is 18.5 Å². The molecule has 0 atom stereocenters. The number of hydrogen-bond acceptors (Lipinski definition) is 6. The van der Waals surface area contributed by atoms with E-state index in [9.17, 15) is 9.59 Å². The fourth-order valence-electron chi connectivity index (χ4n) is 2.04. The highest BCUT2D eigenvalue weighted by molar-refractivity contribution is 6.37. The van der Waals surface area contributed by atoms with Gasteiger partial charge in [0.15, 0.2) is 6.61 Å². The molecular weight excluding hydrogens is 383 g/mol. The zero-order valence-electron chi connectivity index (χ0n) is 14.0. The van der Waals surface area contributed by atoms with E-state index >= 15 is 0 Å². The first-order valence-electron chi connectivity index (χ1n) is 7.28. The van der Waals surface area contributed by atoms with E-state index in [0.717, 1.165) is 0 Å². The van der Waals surface area contributed by atoms with Crippen LogP contribution in [0.15, 0.2) is 30.3 Å². The van der Waals surface area contributed by atoms with Gasteiger partial charge in [-0.15, -0.1) is 0 Å². The van der Waals surface area contributed by atoms with Crippen molar-refractivity contribution in [1.29, 1.82) is 0 Å². The first-order chi connectivity index (χ1) is 12.3. The molecule has 0 spiro atoms. The van der Waals surface area contributed by atoms with Crippen molar-refractivity contribution < 1.29 is 23.8 Å². The van der Waals surface area contributed by atoms with Crippen LogP contribution >= 0.6 is 23.2 Å². The summed E-state index contributed by atoms with van der Waals surface area (Å²) >= 11 is 11.7. The Morgan fingerprint density at radius 3 is 2.23 bits per heavy atom. The molecule has 0 aliphatic heterocycles. The molecule has 2 aromatic rings. The number of methoxy groups -OCH3 is 2. The van der Waals surface area contributed by atoms with Crippen molar-refractivity contribution in [3.05, 3.63) is 45.9 Å². The fraction of sp³-hybridized carbons (Fsp3) is 0.176. The molecule has 3 N–H and O–H groups in total. The maximum absolute atomic E-state index is 12.1. The Bertz CT molecular complexity index is 820. The van der Waals surface area contributed by atoms with Gasteiger partial charge in [-0.3, -0.25) is 4.79 Å². The summed E-state index contributed by atoms with van der Waals surface area (Å²) in [6.45, 7) is -0.526. The van der Waals surface area contributed by atoms with Crippen molar-refractivity contribution in [3.63, 3.8) is 0 Å². The lowest BCUT2D eigenvalue weighted by Crippen LogP contribution is -2.21. The van der Waals surface area contributed by atoms with Gasteiger partial charge in [-0.25, -0.2) is 4.79 Å². The van der Waals surface area contributed by atoms with Crippen LogP contribution in [0.25, 0.3) is 0 Å². The Hall–Kier alpha value is -2.64. The molecule has 9 heteroatoms. The Balaban J connectivity index is 2.02. The first kappa shape index (κ1) is 19.7. The molecule has 1 amide bonds. The van der Waals surface area contributed by atoms with E-state index in [1.165, 1.54) is 26.4 Å². The number of nitrogens with two attached hydrogens (primary N) is 1. The van der Waals surface area contributed by atoms with Gasteiger partial charge in [0.25, 0.3) is 5.91 Å². The predicted molar refractivity (Wildman–Crippen MR) is 99.3 cm³/mol. The molecule has 0 bridgehead atoms. The summed E-state index contributed by atoms with van der Waals surface area (Å²) in [5.74, 6) is -0.374. The average Bonchev–Trinajstić information content (AvgIpc) is 2.62. The van der Waals surface area contributed by atoms with Crippen LogP contribution in [-0.2, 0) is 9.53 Å². The lowest BCUT2D eigenvalue weighted by molar-refractivity contribution is -0.119. The molecule has 7 nitrogen and oxygen atoms in total. The van der Waals surface area contributed by atoms with Crippen molar-refractivity contribution in [2.24, 2.45) is 0 Å². The van der Waals surface area contributed by atoms with Crippen LogP contribution in [0.2, 0.25) is 10.0 Å². The summed E-state index contributed by atoms with van der Waals surface area (Å²) in [6, 6.07) is 7.56. The number of hydrogen-bond donors (Lipinski definition) is 2. The minimum Gasteiger partial charge on any atom is -0.497 e. The Morgan fingerprint density at radius 1 is 1.04 bits per heavy atom. The normalized spacial score (nSPS) is 10.2. The highest BCUT2D eigenvalue weighted by Gasteiger charge is 2.17. The number of benzene rings is 2. The van der Waals surface area contributed by atoms with E-state index in [1.54, 1.807) is 18.2 Å². The number of halogens is 2. The molecule has 0 fully saturated rings. The van der Waals surface area contributed by atoms with Crippen LogP contribution in [-0.4, -0.2) is 32.7 Å². The predicted octanol–water partition coefficient (Wildman–Crippen LogP) is 3.39. The topological polar surface area (TPSA) is 99.9 Å². The number of rotatable bonds is 6. The van der Waals surface area contributed by atoms with Crippen LogP contribution in [0.5, 0.6) is 11.5 Å². The molecule has 0 aromatic heterocycles. The third-order valence-corrected chi connectivity index (χ3v) is 3.81. The van der Waals surface area contributed by atoms with Gasteiger partial charge in [-0.1, -0.05) is 23.2 Å². The van der Waals surface area contributed by atoms with Gasteiger partial charge >= 0.3 is 5.97 Å². The summed E-state index contributed by atoms with van der Waals surface area (Å²) in [5, 5.41) is 2.92. The maximum atomic E-state index is 12.1. The van der Waals surface area contributed by atoms with Crippen molar-refractivity contribution >= 4 is 46.5 Å². The van der Waals surface area contributed by atoms with Crippen molar-refractivity contribution in [1.82, 2.24) is 0 Å². The molecule has 2 aromatic carbocycles. The van der Waals surface area contributed by atoms with Crippen LogP contribution < -0.4 is 20.5 Å². The molecule has 0 aliphatic carbocycles. The summed E-state index contributed by atoms with van der Waals surface area (Å²) in [7, 11) is 2.98. The summed E-state index contributed by atoms with van der Waals surface area (Å²) < 4.78 is 15.2. The summed E-state index contributed by atoms with van der Waals surface area (Å²) in [5.41, 5.74) is 6.16. The molecule has 0 saturated carbocycles. The third-order valence-electron chi connectivity index (χ3n) is 3.28. The quantitative estimate of drug-likeness (QED) is 0.571. The first-order valence-corrected chi connectivity index (χ1v) is 8.04. The lowest BCUT2D eigenvalue weighted by atomic mass is 10.2. The number of carbonyl (C=O) groups is 2. The Morgan fingerprint density at radius 2 is 1.65 bits per heavy atom. The molecule has 2 rings (SSSR count). The van der Waals surface area contributed by atoms with Gasteiger partial charge in [0, 0.05) is 28.9 Å². The van der Waals surface area contributed by atoms with Gasteiger partial charge in [0.05, 0.1) is 30.5 Å². The largest absolute Gasteiger partial charge is 0.497 e. The zero-order chi connectivity index (χ0) is 19.3. The van der Waals surface area contributed by atoms with Crippen molar-refractivity contribution in [3.8, 4) is 11.5 Å². The number of ether oxygens (including phenoxy) is 3. The van der Waals surface area contributed by atoms with E-state index in [0.29, 0.717) is 17.2 Å². The van der Waals surface area contributed by atoms with Crippen molar-refractivity contribution in [2.75, 3.05) is 31.9 Å². The third kappa shape index (κ3) is 4.93. The number of esters is 1. The molecule has 0 radical (unpaired) electrons. The van der Waals surface area contributed by atoms with Gasteiger partial charge in [0.1, 0.15) is 11.5 Å². The highest BCUT2D eigenvalue weighted by Crippen LogP contribution is 2.28. The summed E-state index contributed by atoms with van der Waals surface area (Å²) in [4.78, 5) is 24.1. The second-order valence-corrected chi connectivity index (χ2v) is 5.92. The molecule has 26 heavy (non-hydrogen) atoms.